The molecular weight excluding hydrogens is 276 g/mol. The molecule has 0 atom stereocenters. The van der Waals surface area contributed by atoms with Crippen LogP contribution in [0.1, 0.15) is 35.2 Å². The lowest BCUT2D eigenvalue weighted by molar-refractivity contribution is 0.0781. The molecule has 0 aromatic carbocycles. The molecule has 0 aliphatic carbocycles. The van der Waals surface area contributed by atoms with Gasteiger partial charge in [0, 0.05) is 30.7 Å². The number of carbonyl (C=O) groups excluding carboxylic acids is 1. The van der Waals surface area contributed by atoms with Crippen molar-refractivity contribution in [1.29, 1.82) is 0 Å². The van der Waals surface area contributed by atoms with Crippen molar-refractivity contribution in [2.75, 3.05) is 7.05 Å². The zero-order chi connectivity index (χ0) is 14.5. The summed E-state index contributed by atoms with van der Waals surface area (Å²) in [6, 6.07) is 3.40. The molecule has 0 spiro atoms. The summed E-state index contributed by atoms with van der Waals surface area (Å²) in [6.07, 6.45) is 5.17. The van der Waals surface area contributed by atoms with Gasteiger partial charge in [-0.3, -0.25) is 4.79 Å². The number of imidazole rings is 1. The third-order valence-corrected chi connectivity index (χ3v) is 3.08. The number of hydrogen-bond donors (Lipinski definition) is 1. The summed E-state index contributed by atoms with van der Waals surface area (Å²) in [4.78, 5) is 25.3. The van der Waals surface area contributed by atoms with Crippen LogP contribution >= 0.6 is 11.6 Å². The normalized spacial score (nSPS) is 10.6. The van der Waals surface area contributed by atoms with Crippen LogP contribution in [0.4, 0.5) is 0 Å². The minimum atomic E-state index is -0.0944. The third-order valence-electron chi connectivity index (χ3n) is 2.89. The van der Waals surface area contributed by atoms with Crippen molar-refractivity contribution in [3.05, 3.63) is 46.8 Å². The highest BCUT2D eigenvalue weighted by atomic mass is 35.5. The Bertz CT molecular complexity index is 583. The van der Waals surface area contributed by atoms with E-state index in [1.54, 1.807) is 36.5 Å². The molecule has 2 heterocycles. The minimum absolute atomic E-state index is 0.0944. The highest BCUT2D eigenvalue weighted by molar-refractivity contribution is 6.29. The number of aromatic nitrogens is 3. The van der Waals surface area contributed by atoms with Gasteiger partial charge in [-0.1, -0.05) is 24.9 Å². The van der Waals surface area contributed by atoms with E-state index in [2.05, 4.69) is 21.9 Å². The van der Waals surface area contributed by atoms with Gasteiger partial charge < -0.3 is 9.88 Å². The molecule has 2 rings (SSSR count). The van der Waals surface area contributed by atoms with Crippen molar-refractivity contribution in [1.82, 2.24) is 19.9 Å². The van der Waals surface area contributed by atoms with E-state index in [4.69, 9.17) is 11.6 Å². The topological polar surface area (TPSA) is 61.9 Å². The van der Waals surface area contributed by atoms with Crippen molar-refractivity contribution in [3.8, 4) is 0 Å². The molecule has 0 bridgehead atoms. The lowest BCUT2D eigenvalue weighted by atomic mass is 10.1. The Morgan fingerprint density at radius 2 is 2.25 bits per heavy atom. The van der Waals surface area contributed by atoms with E-state index < -0.39 is 0 Å². The van der Waals surface area contributed by atoms with Gasteiger partial charge in [0.05, 0.1) is 6.54 Å². The Hall–Kier alpha value is -1.88. The summed E-state index contributed by atoms with van der Waals surface area (Å²) in [7, 11) is 1.73. The van der Waals surface area contributed by atoms with Crippen molar-refractivity contribution in [2.45, 2.75) is 26.3 Å². The summed E-state index contributed by atoms with van der Waals surface area (Å²) in [5, 5.41) is 0.352. The molecule has 0 unspecified atom stereocenters. The third kappa shape index (κ3) is 3.57. The number of pyridine rings is 1. The van der Waals surface area contributed by atoms with E-state index in [0.717, 1.165) is 24.4 Å². The molecule has 5 nitrogen and oxygen atoms in total. The zero-order valence-electron chi connectivity index (χ0n) is 11.6. The quantitative estimate of drug-likeness (QED) is 0.862. The van der Waals surface area contributed by atoms with Crippen molar-refractivity contribution >= 4 is 17.5 Å². The molecule has 0 radical (unpaired) electrons. The van der Waals surface area contributed by atoms with Crippen molar-refractivity contribution < 1.29 is 4.79 Å². The minimum Gasteiger partial charge on any atom is -0.347 e. The van der Waals surface area contributed by atoms with E-state index in [0.29, 0.717) is 17.3 Å². The smallest absolute Gasteiger partial charge is 0.254 e. The largest absolute Gasteiger partial charge is 0.347 e. The number of nitrogens with one attached hydrogen (secondary N) is 1. The van der Waals surface area contributed by atoms with Gasteiger partial charge in [0.1, 0.15) is 11.0 Å². The fraction of sp³-hybridized carbons (Fsp3) is 0.357. The van der Waals surface area contributed by atoms with Crippen LogP contribution in [0.3, 0.4) is 0 Å². The second-order valence-corrected chi connectivity index (χ2v) is 5.00. The van der Waals surface area contributed by atoms with E-state index in [-0.39, 0.29) is 5.91 Å². The SMILES string of the molecule is CCCc1cc(C(=O)N(C)Cc2ncc[nH]2)cc(Cl)n1. The molecule has 0 saturated heterocycles. The Labute approximate surface area is 123 Å². The van der Waals surface area contributed by atoms with E-state index in [9.17, 15) is 4.79 Å². The molecule has 1 N–H and O–H groups in total. The van der Waals surface area contributed by atoms with Gasteiger partial charge >= 0.3 is 0 Å². The molecule has 0 aliphatic heterocycles. The maximum Gasteiger partial charge on any atom is 0.254 e. The predicted octanol–water partition coefficient (Wildman–Crippen LogP) is 2.68. The highest BCUT2D eigenvalue weighted by Gasteiger charge is 2.15. The number of carbonyl (C=O) groups is 1. The fourth-order valence-corrected chi connectivity index (χ4v) is 2.19. The van der Waals surface area contributed by atoms with Gasteiger partial charge in [0.25, 0.3) is 5.91 Å². The number of aryl methyl sites for hydroxylation is 1. The van der Waals surface area contributed by atoms with Gasteiger partial charge in [0.2, 0.25) is 0 Å². The molecule has 20 heavy (non-hydrogen) atoms. The number of rotatable bonds is 5. The second-order valence-electron chi connectivity index (χ2n) is 4.62. The summed E-state index contributed by atoms with van der Waals surface area (Å²) < 4.78 is 0. The fourth-order valence-electron chi connectivity index (χ4n) is 1.96. The Morgan fingerprint density at radius 1 is 1.45 bits per heavy atom. The lowest BCUT2D eigenvalue weighted by Gasteiger charge is -2.16. The molecule has 0 fully saturated rings. The van der Waals surface area contributed by atoms with Crippen LogP contribution in [-0.2, 0) is 13.0 Å². The van der Waals surface area contributed by atoms with Crippen LogP contribution < -0.4 is 0 Å². The predicted molar refractivity (Wildman–Crippen MR) is 77.6 cm³/mol. The molecule has 0 saturated carbocycles. The van der Waals surface area contributed by atoms with Crippen LogP contribution in [0.25, 0.3) is 0 Å². The average molecular weight is 293 g/mol. The molecule has 0 aliphatic rings. The van der Waals surface area contributed by atoms with Crippen LogP contribution in [0.2, 0.25) is 5.15 Å². The average Bonchev–Trinajstić information content (AvgIpc) is 2.90. The maximum atomic E-state index is 12.4. The summed E-state index contributed by atoms with van der Waals surface area (Å²) in [5.74, 6) is 0.651. The highest BCUT2D eigenvalue weighted by Crippen LogP contribution is 2.14. The number of hydrogen-bond acceptors (Lipinski definition) is 3. The lowest BCUT2D eigenvalue weighted by Crippen LogP contribution is -2.27. The van der Waals surface area contributed by atoms with Crippen LogP contribution in [-0.4, -0.2) is 32.8 Å². The van der Waals surface area contributed by atoms with Crippen LogP contribution in [0.15, 0.2) is 24.5 Å². The Balaban J connectivity index is 2.15. The number of halogens is 1. The summed E-state index contributed by atoms with van der Waals surface area (Å²) in [5.41, 5.74) is 1.40. The van der Waals surface area contributed by atoms with Gasteiger partial charge in [-0.05, 0) is 18.6 Å². The van der Waals surface area contributed by atoms with E-state index >= 15 is 0 Å². The first kappa shape index (κ1) is 14.5. The van der Waals surface area contributed by atoms with Crippen molar-refractivity contribution in [2.24, 2.45) is 0 Å². The van der Waals surface area contributed by atoms with Crippen molar-refractivity contribution in [3.63, 3.8) is 0 Å². The van der Waals surface area contributed by atoms with Crippen LogP contribution in [0, 0.1) is 0 Å². The first-order valence-corrected chi connectivity index (χ1v) is 6.88. The first-order valence-electron chi connectivity index (χ1n) is 6.50. The second kappa shape index (κ2) is 6.52. The van der Waals surface area contributed by atoms with Gasteiger partial charge in [-0.15, -0.1) is 0 Å². The molecule has 1 amide bonds. The molecule has 6 heteroatoms. The summed E-state index contributed by atoms with van der Waals surface area (Å²) >= 11 is 5.98. The van der Waals surface area contributed by atoms with Gasteiger partial charge in [-0.25, -0.2) is 9.97 Å². The Morgan fingerprint density at radius 3 is 2.90 bits per heavy atom. The van der Waals surface area contributed by atoms with Gasteiger partial charge in [-0.2, -0.15) is 0 Å². The first-order chi connectivity index (χ1) is 9.60. The molecule has 2 aromatic rings. The van der Waals surface area contributed by atoms with E-state index in [1.165, 1.54) is 0 Å². The standard InChI is InChI=1S/C14H17ClN4O/c1-3-4-11-7-10(8-12(15)18-11)14(20)19(2)9-13-16-5-6-17-13/h5-8H,3-4,9H2,1-2H3,(H,16,17). The molecule has 2 aromatic heterocycles. The number of H-pyrrole nitrogens is 1. The zero-order valence-corrected chi connectivity index (χ0v) is 12.3. The number of aromatic amines is 1. The van der Waals surface area contributed by atoms with Crippen LogP contribution in [0.5, 0.6) is 0 Å². The Kier molecular flexibility index (Phi) is 4.74. The number of nitrogens with zero attached hydrogens (tertiary/aromatic N) is 3. The molecular formula is C14H17ClN4O. The summed E-state index contributed by atoms with van der Waals surface area (Å²) in [6.45, 7) is 2.49. The van der Waals surface area contributed by atoms with Gasteiger partial charge in [0.15, 0.2) is 0 Å². The van der Waals surface area contributed by atoms with E-state index in [1.807, 2.05) is 0 Å². The number of amides is 1. The maximum absolute atomic E-state index is 12.4. The monoisotopic (exact) mass is 292 g/mol. The molecule has 106 valence electrons.